The molecule has 0 bridgehead atoms. The van der Waals surface area contributed by atoms with E-state index in [2.05, 4.69) is 0 Å². The van der Waals surface area contributed by atoms with Crippen LogP contribution in [0.4, 0.5) is 0 Å². The van der Waals surface area contributed by atoms with Crippen LogP contribution >= 0.6 is 0 Å². The molecule has 3 atom stereocenters. The fourth-order valence-electron chi connectivity index (χ4n) is 2.96. The third kappa shape index (κ3) is 4.99. The summed E-state index contributed by atoms with van der Waals surface area (Å²) in [6, 6.07) is 0. The SMILES string of the molecule is CCCCOC(=O)[C@@]1(C(C)OC(C)=O)CC[C@@H]([B]OCN)C1. The van der Waals surface area contributed by atoms with E-state index in [1.54, 1.807) is 14.4 Å². The monoisotopic (exact) mass is 312 g/mol. The molecule has 0 aromatic carbocycles. The highest BCUT2D eigenvalue weighted by atomic mass is 16.6. The highest BCUT2D eigenvalue weighted by Gasteiger charge is 2.52. The lowest BCUT2D eigenvalue weighted by molar-refractivity contribution is -0.170. The molecule has 0 spiro atoms. The predicted molar refractivity (Wildman–Crippen MR) is 83.0 cm³/mol. The third-order valence-electron chi connectivity index (χ3n) is 4.23. The molecule has 1 saturated carbocycles. The van der Waals surface area contributed by atoms with E-state index < -0.39 is 11.5 Å². The summed E-state index contributed by atoms with van der Waals surface area (Å²) in [4.78, 5) is 23.9. The van der Waals surface area contributed by atoms with E-state index in [9.17, 15) is 9.59 Å². The molecule has 0 saturated heterocycles. The van der Waals surface area contributed by atoms with Gasteiger partial charge in [0, 0.05) is 6.92 Å². The molecular weight excluding hydrogens is 285 g/mol. The number of hydrogen-bond donors (Lipinski definition) is 1. The molecule has 125 valence electrons. The van der Waals surface area contributed by atoms with Crippen molar-refractivity contribution in [1.29, 1.82) is 0 Å². The standard InChI is InChI=1S/C15H27BNO5/c1-4-5-8-20-14(19)15(11(2)22-12(3)18)7-6-13(9-15)16-21-10-17/h11,13H,4-10,17H2,1-3H3/t11?,13-,15+/m1/s1. The molecule has 1 aliphatic rings. The van der Waals surface area contributed by atoms with Crippen molar-refractivity contribution in [2.45, 2.75) is 64.8 Å². The molecule has 1 radical (unpaired) electrons. The Morgan fingerprint density at radius 3 is 2.77 bits per heavy atom. The largest absolute Gasteiger partial charge is 0.465 e. The van der Waals surface area contributed by atoms with Gasteiger partial charge in [-0.3, -0.25) is 9.59 Å². The lowest BCUT2D eigenvalue weighted by Gasteiger charge is -2.32. The zero-order chi connectivity index (χ0) is 16.6. The molecule has 0 aromatic rings. The fraction of sp³-hybridized carbons (Fsp3) is 0.867. The summed E-state index contributed by atoms with van der Waals surface area (Å²) in [5, 5.41) is 0. The molecule has 1 fully saturated rings. The minimum Gasteiger partial charge on any atom is -0.465 e. The van der Waals surface area contributed by atoms with Gasteiger partial charge in [-0.05, 0) is 32.0 Å². The van der Waals surface area contributed by atoms with E-state index >= 15 is 0 Å². The summed E-state index contributed by atoms with van der Waals surface area (Å²) in [6.45, 7) is 5.66. The Balaban J connectivity index is 2.77. The second-order valence-corrected chi connectivity index (χ2v) is 5.87. The number of ether oxygens (including phenoxy) is 2. The van der Waals surface area contributed by atoms with Gasteiger partial charge in [0.05, 0.1) is 13.3 Å². The summed E-state index contributed by atoms with van der Waals surface area (Å²) in [7, 11) is 1.68. The van der Waals surface area contributed by atoms with Crippen molar-refractivity contribution in [2.24, 2.45) is 11.1 Å². The van der Waals surface area contributed by atoms with Crippen LogP contribution in [0.5, 0.6) is 0 Å². The van der Waals surface area contributed by atoms with Gasteiger partial charge < -0.3 is 19.9 Å². The molecule has 22 heavy (non-hydrogen) atoms. The molecule has 7 heteroatoms. The van der Waals surface area contributed by atoms with Crippen molar-refractivity contribution in [3.63, 3.8) is 0 Å². The summed E-state index contributed by atoms with van der Waals surface area (Å²) in [6.07, 6.45) is 3.22. The topological polar surface area (TPSA) is 87.8 Å². The average molecular weight is 312 g/mol. The summed E-state index contributed by atoms with van der Waals surface area (Å²) < 4.78 is 15.9. The van der Waals surface area contributed by atoms with Crippen molar-refractivity contribution in [3.05, 3.63) is 0 Å². The van der Waals surface area contributed by atoms with Crippen LogP contribution in [0.3, 0.4) is 0 Å². The minimum absolute atomic E-state index is 0.111. The zero-order valence-electron chi connectivity index (χ0n) is 13.8. The Labute approximate surface area is 133 Å². The van der Waals surface area contributed by atoms with Crippen LogP contribution in [0.2, 0.25) is 5.82 Å². The van der Waals surface area contributed by atoms with Crippen molar-refractivity contribution >= 4 is 19.4 Å². The van der Waals surface area contributed by atoms with Gasteiger partial charge >= 0.3 is 11.9 Å². The predicted octanol–water partition coefficient (Wildman–Crippen LogP) is 1.79. The zero-order valence-corrected chi connectivity index (χ0v) is 13.8. The van der Waals surface area contributed by atoms with E-state index in [0.29, 0.717) is 19.4 Å². The maximum absolute atomic E-state index is 12.6. The highest BCUT2D eigenvalue weighted by Crippen LogP contribution is 2.49. The lowest BCUT2D eigenvalue weighted by atomic mass is 9.73. The van der Waals surface area contributed by atoms with Crippen LogP contribution in [0.1, 0.15) is 52.9 Å². The maximum atomic E-state index is 12.6. The highest BCUT2D eigenvalue weighted by molar-refractivity contribution is 6.29. The number of hydrogen-bond acceptors (Lipinski definition) is 6. The third-order valence-corrected chi connectivity index (χ3v) is 4.23. The van der Waals surface area contributed by atoms with Gasteiger partial charge in [-0.2, -0.15) is 0 Å². The molecule has 1 aliphatic carbocycles. The molecular formula is C15H27BNO5. The van der Waals surface area contributed by atoms with Gasteiger partial charge in [0.2, 0.25) is 0 Å². The smallest absolute Gasteiger partial charge is 0.315 e. The molecule has 6 nitrogen and oxygen atoms in total. The first-order valence-corrected chi connectivity index (χ1v) is 7.95. The quantitative estimate of drug-likeness (QED) is 0.302. The van der Waals surface area contributed by atoms with Gasteiger partial charge in [0.25, 0.3) is 7.48 Å². The van der Waals surface area contributed by atoms with E-state index in [-0.39, 0.29) is 24.5 Å². The molecule has 0 aliphatic heterocycles. The Hall–Kier alpha value is -1.08. The lowest BCUT2D eigenvalue weighted by Crippen LogP contribution is -2.42. The Morgan fingerprint density at radius 1 is 1.45 bits per heavy atom. The van der Waals surface area contributed by atoms with E-state index in [1.807, 2.05) is 6.92 Å². The normalized spacial score (nSPS) is 25.5. The van der Waals surface area contributed by atoms with Crippen LogP contribution in [0, 0.1) is 5.41 Å². The Morgan fingerprint density at radius 2 is 2.18 bits per heavy atom. The van der Waals surface area contributed by atoms with Gasteiger partial charge in [-0.15, -0.1) is 0 Å². The number of carbonyl (C=O) groups excluding carboxylic acids is 2. The first kappa shape index (κ1) is 19.0. The number of unbranched alkanes of at least 4 members (excludes halogenated alkanes) is 1. The fourth-order valence-corrected chi connectivity index (χ4v) is 2.96. The van der Waals surface area contributed by atoms with E-state index in [0.717, 1.165) is 19.3 Å². The Bertz CT molecular complexity index is 379. The number of nitrogens with two attached hydrogens (primary N) is 1. The molecule has 0 amide bonds. The van der Waals surface area contributed by atoms with Gasteiger partial charge in [-0.1, -0.05) is 19.8 Å². The van der Waals surface area contributed by atoms with Crippen LogP contribution in [0.25, 0.3) is 0 Å². The molecule has 1 unspecified atom stereocenters. The van der Waals surface area contributed by atoms with Crippen molar-refractivity contribution in [1.82, 2.24) is 0 Å². The Kier molecular flexibility index (Phi) is 7.89. The first-order chi connectivity index (χ1) is 10.5. The summed E-state index contributed by atoms with van der Waals surface area (Å²) in [5.74, 6) is -0.558. The number of esters is 2. The van der Waals surface area contributed by atoms with Crippen LogP contribution < -0.4 is 5.73 Å². The maximum Gasteiger partial charge on any atom is 0.315 e. The second-order valence-electron chi connectivity index (χ2n) is 5.87. The van der Waals surface area contributed by atoms with Crippen molar-refractivity contribution < 1.29 is 23.7 Å². The van der Waals surface area contributed by atoms with Gasteiger partial charge in [-0.25, -0.2) is 0 Å². The van der Waals surface area contributed by atoms with Crippen LogP contribution in [0.15, 0.2) is 0 Å². The van der Waals surface area contributed by atoms with Gasteiger partial charge in [0.1, 0.15) is 11.5 Å². The number of carbonyl (C=O) groups is 2. The van der Waals surface area contributed by atoms with E-state index in [4.69, 9.17) is 19.9 Å². The molecule has 1 rings (SSSR count). The number of rotatable bonds is 9. The molecule has 2 N–H and O–H groups in total. The first-order valence-electron chi connectivity index (χ1n) is 7.95. The molecule has 0 aromatic heterocycles. The average Bonchev–Trinajstić information content (AvgIpc) is 2.90. The van der Waals surface area contributed by atoms with E-state index in [1.165, 1.54) is 6.92 Å². The van der Waals surface area contributed by atoms with Crippen molar-refractivity contribution in [3.8, 4) is 0 Å². The second kappa shape index (κ2) is 9.15. The summed E-state index contributed by atoms with van der Waals surface area (Å²) in [5.41, 5.74) is 4.53. The summed E-state index contributed by atoms with van der Waals surface area (Å²) >= 11 is 0. The minimum atomic E-state index is -0.793. The van der Waals surface area contributed by atoms with Crippen LogP contribution in [-0.4, -0.2) is 38.9 Å². The molecule has 0 heterocycles. The van der Waals surface area contributed by atoms with Crippen molar-refractivity contribution in [2.75, 3.05) is 13.3 Å². The van der Waals surface area contributed by atoms with Crippen LogP contribution in [-0.2, 0) is 23.7 Å². The van der Waals surface area contributed by atoms with Gasteiger partial charge in [0.15, 0.2) is 0 Å².